The monoisotopic (exact) mass is 296 g/mol. The molecule has 0 spiro atoms. The number of para-hydroxylation sites is 1. The summed E-state index contributed by atoms with van der Waals surface area (Å²) >= 11 is 0. The van der Waals surface area contributed by atoms with Gasteiger partial charge in [0.15, 0.2) is 0 Å². The molecule has 0 saturated carbocycles. The Morgan fingerprint density at radius 2 is 2.05 bits per heavy atom. The molecule has 0 saturated heterocycles. The largest absolute Gasteiger partial charge is 0.317 e. The summed E-state index contributed by atoms with van der Waals surface area (Å²) in [5.74, 6) is 0.217. The second-order valence-corrected chi connectivity index (χ2v) is 7.19. The Morgan fingerprint density at radius 1 is 1.25 bits per heavy atom. The average molecular weight is 296 g/mol. The van der Waals surface area contributed by atoms with E-state index >= 15 is 0 Å². The topological polar surface area (TPSA) is 49.4 Å². The normalized spacial score (nSPS) is 15.8. The van der Waals surface area contributed by atoms with Crippen molar-refractivity contribution in [3.63, 3.8) is 0 Å². The van der Waals surface area contributed by atoms with Crippen LogP contribution in [0.15, 0.2) is 24.3 Å². The molecule has 1 N–H and O–H groups in total. The lowest BCUT2D eigenvalue weighted by Crippen LogP contribution is -2.34. The zero-order valence-electron chi connectivity index (χ0n) is 12.1. The fraction of sp³-hybridized carbons (Fsp3) is 0.600. The number of rotatable bonds is 6. The average Bonchev–Trinajstić information content (AvgIpc) is 2.66. The van der Waals surface area contributed by atoms with Gasteiger partial charge in [-0.25, -0.2) is 8.42 Å². The quantitative estimate of drug-likeness (QED) is 0.818. The second kappa shape index (κ2) is 7.09. The molecule has 0 amide bonds. The van der Waals surface area contributed by atoms with Gasteiger partial charge in [0.1, 0.15) is 0 Å². The molecule has 0 aliphatic carbocycles. The van der Waals surface area contributed by atoms with Gasteiger partial charge >= 0.3 is 0 Å². The van der Waals surface area contributed by atoms with Gasteiger partial charge in [0, 0.05) is 6.54 Å². The summed E-state index contributed by atoms with van der Waals surface area (Å²) in [4.78, 5) is 0. The third kappa shape index (κ3) is 3.73. The Morgan fingerprint density at radius 3 is 2.85 bits per heavy atom. The maximum atomic E-state index is 12.6. The van der Waals surface area contributed by atoms with Crippen LogP contribution in [0.1, 0.15) is 31.7 Å². The highest BCUT2D eigenvalue weighted by Gasteiger charge is 2.25. The number of benzene rings is 1. The summed E-state index contributed by atoms with van der Waals surface area (Å²) in [6.07, 6.45) is 3.62. The number of hydrogen-bond acceptors (Lipinski definition) is 3. The third-order valence-electron chi connectivity index (χ3n) is 3.66. The smallest absolute Gasteiger partial charge is 0.235 e. The minimum absolute atomic E-state index is 0.217. The molecule has 0 fully saturated rings. The van der Waals surface area contributed by atoms with Crippen molar-refractivity contribution in [2.24, 2.45) is 0 Å². The van der Waals surface area contributed by atoms with E-state index in [4.69, 9.17) is 0 Å². The molecule has 0 radical (unpaired) electrons. The van der Waals surface area contributed by atoms with Crippen molar-refractivity contribution in [2.45, 2.75) is 32.6 Å². The van der Waals surface area contributed by atoms with Gasteiger partial charge in [0.2, 0.25) is 10.0 Å². The van der Waals surface area contributed by atoms with Crippen LogP contribution >= 0.6 is 0 Å². The van der Waals surface area contributed by atoms with Gasteiger partial charge in [-0.1, -0.05) is 25.1 Å². The highest BCUT2D eigenvalue weighted by atomic mass is 32.2. The van der Waals surface area contributed by atoms with E-state index in [0.717, 1.165) is 43.6 Å². The lowest BCUT2D eigenvalue weighted by molar-refractivity contribution is 0.583. The highest BCUT2D eigenvalue weighted by Crippen LogP contribution is 2.28. The molecule has 5 heteroatoms. The van der Waals surface area contributed by atoms with E-state index in [-0.39, 0.29) is 5.75 Å². The third-order valence-corrected chi connectivity index (χ3v) is 5.51. The molecular weight excluding hydrogens is 272 g/mol. The van der Waals surface area contributed by atoms with Crippen molar-refractivity contribution >= 4 is 15.7 Å². The van der Waals surface area contributed by atoms with Gasteiger partial charge in [-0.2, -0.15) is 0 Å². The molecule has 1 aliphatic heterocycles. The van der Waals surface area contributed by atoms with E-state index < -0.39 is 10.0 Å². The molecule has 1 heterocycles. The van der Waals surface area contributed by atoms with Crippen molar-refractivity contribution in [2.75, 3.05) is 29.7 Å². The second-order valence-electron chi connectivity index (χ2n) is 5.18. The van der Waals surface area contributed by atoms with Gasteiger partial charge in [-0.3, -0.25) is 4.31 Å². The number of aryl methyl sites for hydroxylation is 1. The fourth-order valence-electron chi connectivity index (χ4n) is 2.61. The first-order valence-corrected chi connectivity index (χ1v) is 9.05. The Hall–Kier alpha value is -1.07. The lowest BCUT2D eigenvalue weighted by atomic mass is 10.1. The number of fused-ring (bicyclic) bond motifs is 1. The van der Waals surface area contributed by atoms with E-state index in [2.05, 4.69) is 5.32 Å². The standard InChI is InChI=1S/C15H24N2O2S/c1-2-16-11-7-13-20(18,19)17-12-6-5-9-14-8-3-4-10-15(14)17/h3-4,8,10,16H,2,5-7,9,11-13H2,1H3. The van der Waals surface area contributed by atoms with Gasteiger partial charge in [0.05, 0.1) is 11.4 Å². The SMILES string of the molecule is CCNCCCS(=O)(=O)N1CCCCc2ccccc21. The maximum Gasteiger partial charge on any atom is 0.235 e. The van der Waals surface area contributed by atoms with E-state index in [1.807, 2.05) is 31.2 Å². The van der Waals surface area contributed by atoms with E-state index in [9.17, 15) is 8.42 Å². The molecule has 112 valence electrons. The predicted octanol–water partition coefficient (Wildman–Crippen LogP) is 2.16. The molecule has 0 bridgehead atoms. The molecule has 0 atom stereocenters. The van der Waals surface area contributed by atoms with Crippen LogP contribution in [0.4, 0.5) is 5.69 Å². The summed E-state index contributed by atoms with van der Waals surface area (Å²) in [6.45, 7) is 4.28. The molecule has 2 rings (SSSR count). The summed E-state index contributed by atoms with van der Waals surface area (Å²) in [7, 11) is -3.21. The first-order chi connectivity index (χ1) is 9.65. The summed E-state index contributed by atoms with van der Waals surface area (Å²) in [5, 5.41) is 3.17. The minimum Gasteiger partial charge on any atom is -0.317 e. The van der Waals surface area contributed by atoms with Crippen LogP contribution in [0.3, 0.4) is 0 Å². The molecule has 20 heavy (non-hydrogen) atoms. The molecular formula is C15H24N2O2S. The van der Waals surface area contributed by atoms with Gasteiger partial charge in [0.25, 0.3) is 0 Å². The first-order valence-electron chi connectivity index (χ1n) is 7.44. The van der Waals surface area contributed by atoms with Crippen molar-refractivity contribution in [1.29, 1.82) is 0 Å². The number of anilines is 1. The molecule has 1 aliphatic rings. The Labute approximate surface area is 122 Å². The Balaban J connectivity index is 2.14. The Kier molecular flexibility index (Phi) is 5.43. The minimum atomic E-state index is -3.21. The van der Waals surface area contributed by atoms with Crippen LogP contribution in [0.25, 0.3) is 0 Å². The van der Waals surface area contributed by atoms with Crippen LogP contribution in [-0.4, -0.2) is 33.8 Å². The predicted molar refractivity (Wildman–Crippen MR) is 83.7 cm³/mol. The molecule has 1 aromatic rings. The van der Waals surface area contributed by atoms with Crippen LogP contribution in [0.2, 0.25) is 0 Å². The maximum absolute atomic E-state index is 12.6. The highest BCUT2D eigenvalue weighted by molar-refractivity contribution is 7.92. The van der Waals surface area contributed by atoms with Crippen LogP contribution in [-0.2, 0) is 16.4 Å². The zero-order valence-corrected chi connectivity index (χ0v) is 13.0. The number of nitrogens with zero attached hydrogens (tertiary/aromatic N) is 1. The van der Waals surface area contributed by atoms with Crippen molar-refractivity contribution in [3.8, 4) is 0 Å². The van der Waals surface area contributed by atoms with Gasteiger partial charge in [-0.15, -0.1) is 0 Å². The van der Waals surface area contributed by atoms with Gasteiger partial charge in [-0.05, 0) is 50.4 Å². The summed E-state index contributed by atoms with van der Waals surface area (Å²) in [5.41, 5.74) is 2.04. The lowest BCUT2D eigenvalue weighted by Gasteiger charge is -2.24. The molecule has 4 nitrogen and oxygen atoms in total. The van der Waals surface area contributed by atoms with Crippen molar-refractivity contribution in [1.82, 2.24) is 5.32 Å². The number of hydrogen-bond donors (Lipinski definition) is 1. The number of nitrogens with one attached hydrogen (secondary N) is 1. The summed E-state index contributed by atoms with van der Waals surface area (Å²) in [6, 6.07) is 7.88. The van der Waals surface area contributed by atoms with Gasteiger partial charge < -0.3 is 5.32 Å². The number of sulfonamides is 1. The molecule has 1 aromatic carbocycles. The molecule has 0 aromatic heterocycles. The zero-order chi connectivity index (χ0) is 14.4. The van der Waals surface area contributed by atoms with E-state index in [1.54, 1.807) is 4.31 Å². The first kappa shape index (κ1) is 15.3. The fourth-order valence-corrected chi connectivity index (χ4v) is 4.23. The van der Waals surface area contributed by atoms with Crippen LogP contribution in [0, 0.1) is 0 Å². The van der Waals surface area contributed by atoms with Crippen LogP contribution < -0.4 is 9.62 Å². The van der Waals surface area contributed by atoms with Crippen molar-refractivity contribution < 1.29 is 8.42 Å². The van der Waals surface area contributed by atoms with Crippen molar-refractivity contribution in [3.05, 3.63) is 29.8 Å². The van der Waals surface area contributed by atoms with E-state index in [1.165, 1.54) is 0 Å². The molecule has 0 unspecified atom stereocenters. The summed E-state index contributed by atoms with van der Waals surface area (Å²) < 4.78 is 26.8. The van der Waals surface area contributed by atoms with Crippen LogP contribution in [0.5, 0.6) is 0 Å². The Bertz CT molecular complexity index is 528. The van der Waals surface area contributed by atoms with E-state index in [0.29, 0.717) is 13.0 Å².